The number of fused-ring (bicyclic) bond motifs is 1. The highest BCUT2D eigenvalue weighted by Crippen LogP contribution is 2.37. The van der Waals surface area contributed by atoms with E-state index >= 15 is 0 Å². The van der Waals surface area contributed by atoms with Crippen molar-refractivity contribution in [1.82, 2.24) is 10.3 Å². The Morgan fingerprint density at radius 3 is 2.59 bits per heavy atom. The molecule has 3 rings (SSSR count). The van der Waals surface area contributed by atoms with Crippen LogP contribution in [0, 0.1) is 24.0 Å². The number of aryl methyl sites for hydroxylation is 2. The van der Waals surface area contributed by atoms with Crippen molar-refractivity contribution in [2.24, 2.45) is 0 Å². The lowest BCUT2D eigenvalue weighted by Crippen LogP contribution is -1.99. The van der Waals surface area contributed by atoms with Crippen molar-refractivity contribution in [2.45, 2.75) is 13.8 Å². The molecule has 0 unspecified atom stereocenters. The highest BCUT2D eigenvalue weighted by molar-refractivity contribution is 6.35. The van der Waals surface area contributed by atoms with Crippen molar-refractivity contribution in [1.29, 1.82) is 0 Å². The molecule has 1 aromatic heterocycles. The van der Waals surface area contributed by atoms with Gasteiger partial charge in [-0.05, 0) is 53.5 Å². The van der Waals surface area contributed by atoms with Crippen LogP contribution in [0.15, 0.2) is 28.9 Å². The van der Waals surface area contributed by atoms with Gasteiger partial charge in [-0.25, -0.2) is 4.63 Å². The van der Waals surface area contributed by atoms with Crippen LogP contribution in [0.5, 0.6) is 0 Å². The molecule has 7 nitrogen and oxygen atoms in total. The second-order valence-electron chi connectivity index (χ2n) is 4.90. The number of aromatic nitrogens is 2. The molecule has 0 aliphatic carbocycles. The molecule has 0 amide bonds. The zero-order valence-corrected chi connectivity index (χ0v) is 12.5. The smallest absolute Gasteiger partial charge is 0.324 e. The number of hydrogen-bond acceptors (Lipinski definition) is 6. The summed E-state index contributed by atoms with van der Waals surface area (Å²) in [7, 11) is 0. The molecule has 0 saturated carbocycles. The summed E-state index contributed by atoms with van der Waals surface area (Å²) in [6.07, 6.45) is 0. The maximum atomic E-state index is 11.4. The maximum Gasteiger partial charge on any atom is 0.324 e. The van der Waals surface area contributed by atoms with Crippen LogP contribution in [-0.4, -0.2) is 15.2 Å². The second kappa shape index (κ2) is 5.27. The van der Waals surface area contributed by atoms with E-state index in [-0.39, 0.29) is 27.4 Å². The van der Waals surface area contributed by atoms with E-state index in [0.29, 0.717) is 0 Å². The van der Waals surface area contributed by atoms with E-state index in [1.165, 1.54) is 6.07 Å². The Morgan fingerprint density at radius 1 is 1.18 bits per heavy atom. The SMILES string of the molecule is Cc1ccc(Nc2cc(Cl)c3nonc3c2[N+](=O)[O-])cc1C. The number of hydrogen-bond donors (Lipinski definition) is 1. The summed E-state index contributed by atoms with van der Waals surface area (Å²) in [5, 5.41) is 21.8. The molecule has 0 aliphatic heterocycles. The van der Waals surface area contributed by atoms with E-state index in [0.717, 1.165) is 16.8 Å². The van der Waals surface area contributed by atoms with E-state index in [1.807, 2.05) is 32.0 Å². The summed E-state index contributed by atoms with van der Waals surface area (Å²) in [6.45, 7) is 3.96. The van der Waals surface area contributed by atoms with Gasteiger partial charge in [0.25, 0.3) is 0 Å². The summed E-state index contributed by atoms with van der Waals surface area (Å²) in [5.41, 5.74) is 3.12. The van der Waals surface area contributed by atoms with Gasteiger partial charge >= 0.3 is 5.69 Å². The van der Waals surface area contributed by atoms with Crippen molar-refractivity contribution in [3.8, 4) is 0 Å². The zero-order chi connectivity index (χ0) is 15.9. The number of benzene rings is 2. The Morgan fingerprint density at radius 2 is 1.91 bits per heavy atom. The highest BCUT2D eigenvalue weighted by Gasteiger charge is 2.25. The molecule has 1 N–H and O–H groups in total. The van der Waals surface area contributed by atoms with Crippen LogP contribution in [0.2, 0.25) is 5.02 Å². The molecule has 0 spiro atoms. The van der Waals surface area contributed by atoms with E-state index < -0.39 is 4.92 Å². The molecule has 0 saturated heterocycles. The summed E-state index contributed by atoms with van der Waals surface area (Å²) in [6, 6.07) is 7.12. The van der Waals surface area contributed by atoms with Gasteiger partial charge < -0.3 is 5.32 Å². The largest absolute Gasteiger partial charge is 0.350 e. The van der Waals surface area contributed by atoms with Gasteiger partial charge in [-0.15, -0.1) is 0 Å². The number of halogens is 1. The molecular formula is C14H11ClN4O3. The van der Waals surface area contributed by atoms with Crippen LogP contribution in [-0.2, 0) is 0 Å². The normalized spacial score (nSPS) is 10.9. The van der Waals surface area contributed by atoms with Crippen molar-refractivity contribution in [2.75, 3.05) is 5.32 Å². The molecule has 22 heavy (non-hydrogen) atoms. The van der Waals surface area contributed by atoms with Crippen molar-refractivity contribution in [3.05, 3.63) is 50.5 Å². The third kappa shape index (κ3) is 2.35. The predicted octanol–water partition coefficient (Wildman–Crippen LogP) is 4.14. The minimum absolute atomic E-state index is 0.0174. The van der Waals surface area contributed by atoms with E-state index in [4.69, 9.17) is 11.6 Å². The van der Waals surface area contributed by atoms with Crippen LogP contribution in [0.3, 0.4) is 0 Å². The van der Waals surface area contributed by atoms with Gasteiger partial charge in [-0.2, -0.15) is 0 Å². The van der Waals surface area contributed by atoms with Gasteiger partial charge in [0.15, 0.2) is 5.52 Å². The first-order valence-electron chi connectivity index (χ1n) is 6.41. The summed E-state index contributed by atoms with van der Waals surface area (Å²) < 4.78 is 4.56. The minimum Gasteiger partial charge on any atom is -0.350 e. The molecule has 0 atom stereocenters. The number of nitro benzene ring substituents is 1. The monoisotopic (exact) mass is 318 g/mol. The van der Waals surface area contributed by atoms with Crippen LogP contribution in [0.25, 0.3) is 11.0 Å². The third-order valence-corrected chi connectivity index (χ3v) is 3.72. The lowest BCUT2D eigenvalue weighted by Gasteiger charge is -2.09. The van der Waals surface area contributed by atoms with Gasteiger partial charge in [0.05, 0.1) is 9.95 Å². The quantitative estimate of drug-likeness (QED) is 0.576. The Labute approximate surface area is 130 Å². The number of anilines is 2. The summed E-state index contributed by atoms with van der Waals surface area (Å²) in [4.78, 5) is 10.8. The second-order valence-corrected chi connectivity index (χ2v) is 5.30. The fourth-order valence-corrected chi connectivity index (χ4v) is 2.38. The summed E-state index contributed by atoms with van der Waals surface area (Å²) >= 11 is 6.08. The minimum atomic E-state index is -0.535. The van der Waals surface area contributed by atoms with Crippen molar-refractivity contribution in [3.63, 3.8) is 0 Å². The predicted molar refractivity (Wildman–Crippen MR) is 82.7 cm³/mol. The van der Waals surface area contributed by atoms with Gasteiger partial charge in [-0.3, -0.25) is 10.1 Å². The molecule has 0 bridgehead atoms. The van der Waals surface area contributed by atoms with Crippen LogP contribution >= 0.6 is 11.6 Å². The Kier molecular flexibility index (Phi) is 3.42. The number of nitrogens with zero attached hydrogens (tertiary/aromatic N) is 3. The molecule has 2 aromatic carbocycles. The van der Waals surface area contributed by atoms with Crippen LogP contribution in [0.1, 0.15) is 11.1 Å². The molecule has 0 radical (unpaired) electrons. The number of nitrogens with one attached hydrogen (secondary N) is 1. The molecule has 8 heteroatoms. The average molecular weight is 319 g/mol. The molecule has 0 fully saturated rings. The lowest BCUT2D eigenvalue weighted by atomic mass is 10.1. The van der Waals surface area contributed by atoms with E-state index in [2.05, 4.69) is 20.3 Å². The maximum absolute atomic E-state index is 11.4. The zero-order valence-electron chi connectivity index (χ0n) is 11.8. The van der Waals surface area contributed by atoms with E-state index in [1.54, 1.807) is 0 Å². The molecule has 112 valence electrons. The van der Waals surface area contributed by atoms with Gasteiger partial charge in [0.1, 0.15) is 5.69 Å². The van der Waals surface area contributed by atoms with Gasteiger partial charge in [-0.1, -0.05) is 17.7 Å². The van der Waals surface area contributed by atoms with Crippen LogP contribution < -0.4 is 5.32 Å². The highest BCUT2D eigenvalue weighted by atomic mass is 35.5. The standard InChI is InChI=1S/C14H11ClN4O3/c1-7-3-4-9(5-8(7)2)16-11-6-10(15)12-13(18-22-17-12)14(11)19(20)21/h3-6,16H,1-2H3. The third-order valence-electron chi connectivity index (χ3n) is 3.43. The summed E-state index contributed by atoms with van der Waals surface area (Å²) in [5.74, 6) is 0. The number of rotatable bonds is 3. The molecule has 3 aromatic rings. The fourth-order valence-electron chi connectivity index (χ4n) is 2.15. The van der Waals surface area contributed by atoms with Crippen molar-refractivity contribution >= 4 is 39.7 Å². The average Bonchev–Trinajstić information content (AvgIpc) is 2.92. The topological polar surface area (TPSA) is 94.1 Å². The first-order chi connectivity index (χ1) is 10.5. The Hall–Kier alpha value is -2.67. The van der Waals surface area contributed by atoms with Crippen molar-refractivity contribution < 1.29 is 9.55 Å². The fraction of sp³-hybridized carbons (Fsp3) is 0.143. The Bertz CT molecular complexity index is 891. The first-order valence-corrected chi connectivity index (χ1v) is 6.78. The molecule has 1 heterocycles. The molecule has 0 aliphatic rings. The lowest BCUT2D eigenvalue weighted by molar-refractivity contribution is -0.382. The van der Waals surface area contributed by atoms with Gasteiger partial charge in [0, 0.05) is 5.69 Å². The number of nitro groups is 1. The van der Waals surface area contributed by atoms with E-state index in [9.17, 15) is 10.1 Å². The van der Waals surface area contributed by atoms with Crippen LogP contribution in [0.4, 0.5) is 17.1 Å². The molecular weight excluding hydrogens is 308 g/mol. The van der Waals surface area contributed by atoms with Gasteiger partial charge in [0.2, 0.25) is 5.52 Å². The first kappa shape index (κ1) is 14.3. The Balaban J connectivity index is 2.15.